The number of likely N-dealkylation sites (tertiary alicyclic amines) is 1. The zero-order valence-electron chi connectivity index (χ0n) is 15.3. The Kier molecular flexibility index (Phi) is 3.85. The maximum Gasteiger partial charge on any atom is 0.230 e. The van der Waals surface area contributed by atoms with Crippen molar-refractivity contribution < 1.29 is 4.79 Å². The number of rotatable bonds is 4. The molecule has 0 saturated carbocycles. The van der Waals surface area contributed by atoms with Gasteiger partial charge in [0, 0.05) is 32.4 Å². The van der Waals surface area contributed by atoms with E-state index >= 15 is 0 Å². The number of H-pyrrole nitrogens is 1. The van der Waals surface area contributed by atoms with Crippen LogP contribution in [0.25, 0.3) is 10.9 Å². The predicted octanol–water partition coefficient (Wildman–Crippen LogP) is 2.63. The van der Waals surface area contributed by atoms with Gasteiger partial charge in [0.2, 0.25) is 5.91 Å². The molecule has 2 aliphatic heterocycles. The van der Waals surface area contributed by atoms with Crippen LogP contribution in [0.2, 0.25) is 0 Å². The summed E-state index contributed by atoms with van der Waals surface area (Å²) in [5, 5.41) is 8.17. The lowest BCUT2D eigenvalue weighted by molar-refractivity contribution is -0.135. The number of benzene rings is 1. The fraction of sp³-hybridized carbons (Fsp3) is 0.381. The molecule has 1 spiro atoms. The van der Waals surface area contributed by atoms with Crippen LogP contribution >= 0.6 is 0 Å². The zero-order chi connectivity index (χ0) is 18.3. The van der Waals surface area contributed by atoms with Crippen molar-refractivity contribution in [2.75, 3.05) is 31.1 Å². The van der Waals surface area contributed by atoms with Gasteiger partial charge in [0.1, 0.15) is 5.82 Å². The molecule has 1 unspecified atom stereocenters. The number of aromatic nitrogens is 3. The highest BCUT2D eigenvalue weighted by Crippen LogP contribution is 2.42. The van der Waals surface area contributed by atoms with E-state index in [2.05, 4.69) is 49.2 Å². The first-order valence-electron chi connectivity index (χ1n) is 9.62. The maximum absolute atomic E-state index is 13.2. The molecule has 2 fully saturated rings. The lowest BCUT2D eigenvalue weighted by Gasteiger charge is -2.24. The Bertz CT molecular complexity index is 969. The number of nitrogens with zero attached hydrogens (tertiary/aromatic N) is 4. The van der Waals surface area contributed by atoms with Gasteiger partial charge in [-0.2, -0.15) is 5.10 Å². The van der Waals surface area contributed by atoms with Crippen molar-refractivity contribution in [3.05, 3.63) is 54.4 Å². The number of hydrogen-bond acceptors (Lipinski definition) is 4. The van der Waals surface area contributed by atoms with E-state index in [0.717, 1.165) is 62.2 Å². The van der Waals surface area contributed by atoms with Crippen molar-refractivity contribution in [3.8, 4) is 0 Å². The van der Waals surface area contributed by atoms with Crippen LogP contribution in [0, 0.1) is 5.41 Å². The van der Waals surface area contributed by atoms with Gasteiger partial charge in [-0.15, -0.1) is 0 Å². The molecule has 1 amide bonds. The van der Waals surface area contributed by atoms with Crippen LogP contribution in [0.5, 0.6) is 0 Å². The molecule has 1 aromatic carbocycles. The smallest absolute Gasteiger partial charge is 0.230 e. The molecule has 6 heteroatoms. The molecule has 2 aromatic heterocycles. The molecule has 5 rings (SSSR count). The summed E-state index contributed by atoms with van der Waals surface area (Å²) in [6.07, 6.45) is 6.40. The molecule has 1 N–H and O–H groups in total. The van der Waals surface area contributed by atoms with E-state index in [1.165, 1.54) is 5.56 Å². The predicted molar refractivity (Wildman–Crippen MR) is 104 cm³/mol. The Morgan fingerprint density at radius 3 is 2.85 bits per heavy atom. The van der Waals surface area contributed by atoms with E-state index in [1.54, 1.807) is 0 Å². The molecule has 2 aliphatic rings. The van der Waals surface area contributed by atoms with Gasteiger partial charge in [-0.25, -0.2) is 4.98 Å². The van der Waals surface area contributed by atoms with E-state index in [0.29, 0.717) is 5.91 Å². The molecular formula is C21H23N5O. The second-order valence-electron chi connectivity index (χ2n) is 7.70. The van der Waals surface area contributed by atoms with Gasteiger partial charge < -0.3 is 9.80 Å². The summed E-state index contributed by atoms with van der Waals surface area (Å²) in [5.74, 6) is 1.26. The van der Waals surface area contributed by atoms with Gasteiger partial charge in [-0.3, -0.25) is 9.89 Å². The van der Waals surface area contributed by atoms with Crippen LogP contribution in [0.1, 0.15) is 18.4 Å². The fourth-order valence-electron chi connectivity index (χ4n) is 4.55. The molecule has 1 atom stereocenters. The third kappa shape index (κ3) is 2.76. The van der Waals surface area contributed by atoms with E-state index in [1.807, 2.05) is 24.5 Å². The quantitative estimate of drug-likeness (QED) is 0.776. The molecule has 2 saturated heterocycles. The Morgan fingerprint density at radius 1 is 1.11 bits per heavy atom. The van der Waals surface area contributed by atoms with Crippen LogP contribution in [0.15, 0.2) is 48.8 Å². The largest absolute Gasteiger partial charge is 0.355 e. The normalized spacial score (nSPS) is 22.4. The van der Waals surface area contributed by atoms with Crippen LogP contribution in [-0.4, -0.2) is 52.2 Å². The van der Waals surface area contributed by atoms with Gasteiger partial charge in [0.15, 0.2) is 0 Å². The molecule has 4 heterocycles. The standard InChI is InChI=1S/C21H23N5O/c27-20-21(8-12-25(20)11-7-16-4-2-1-3-5-16)9-13-26(15-21)19-17-14-23-24-18(17)6-10-22-19/h1-6,10,14H,7-9,11-13,15H2,(H,23,24). The van der Waals surface area contributed by atoms with E-state index in [4.69, 9.17) is 0 Å². The first-order chi connectivity index (χ1) is 13.3. The van der Waals surface area contributed by atoms with Crippen LogP contribution < -0.4 is 4.90 Å². The third-order valence-corrected chi connectivity index (χ3v) is 6.12. The van der Waals surface area contributed by atoms with E-state index in [9.17, 15) is 4.79 Å². The summed E-state index contributed by atoms with van der Waals surface area (Å²) in [7, 11) is 0. The number of nitrogens with one attached hydrogen (secondary N) is 1. The number of carbonyl (C=O) groups is 1. The number of fused-ring (bicyclic) bond motifs is 1. The molecule has 138 valence electrons. The van der Waals surface area contributed by atoms with Gasteiger partial charge in [0.05, 0.1) is 22.5 Å². The van der Waals surface area contributed by atoms with Crippen molar-refractivity contribution in [2.45, 2.75) is 19.3 Å². The summed E-state index contributed by atoms with van der Waals surface area (Å²) >= 11 is 0. The molecule has 6 nitrogen and oxygen atoms in total. The summed E-state index contributed by atoms with van der Waals surface area (Å²) in [5.41, 5.74) is 2.03. The highest BCUT2D eigenvalue weighted by atomic mass is 16.2. The number of hydrogen-bond donors (Lipinski definition) is 1. The Hall–Kier alpha value is -2.89. The topological polar surface area (TPSA) is 65.1 Å². The van der Waals surface area contributed by atoms with Gasteiger partial charge in [0.25, 0.3) is 0 Å². The van der Waals surface area contributed by atoms with E-state index in [-0.39, 0.29) is 5.41 Å². The number of amides is 1. The summed E-state index contributed by atoms with van der Waals surface area (Å²) < 4.78 is 0. The number of pyridine rings is 1. The van der Waals surface area contributed by atoms with Crippen LogP contribution in [0.4, 0.5) is 5.82 Å². The number of aromatic amines is 1. The van der Waals surface area contributed by atoms with Gasteiger partial charge >= 0.3 is 0 Å². The van der Waals surface area contributed by atoms with Gasteiger partial charge in [-0.1, -0.05) is 30.3 Å². The molecule has 27 heavy (non-hydrogen) atoms. The molecule has 3 aromatic rings. The maximum atomic E-state index is 13.2. The minimum Gasteiger partial charge on any atom is -0.355 e. The Labute approximate surface area is 158 Å². The van der Waals surface area contributed by atoms with Crippen LogP contribution in [-0.2, 0) is 11.2 Å². The monoisotopic (exact) mass is 361 g/mol. The van der Waals surface area contributed by atoms with Crippen molar-refractivity contribution in [1.82, 2.24) is 20.1 Å². The average Bonchev–Trinajstić information content (AvgIpc) is 3.42. The third-order valence-electron chi connectivity index (χ3n) is 6.12. The molecule has 0 aliphatic carbocycles. The highest BCUT2D eigenvalue weighted by Gasteiger charge is 2.50. The molecular weight excluding hydrogens is 338 g/mol. The zero-order valence-corrected chi connectivity index (χ0v) is 15.3. The SMILES string of the molecule is O=C1N(CCc2ccccc2)CCC12CCN(c1nccc3[nH]ncc13)C2. The van der Waals surface area contributed by atoms with Crippen molar-refractivity contribution >= 4 is 22.6 Å². The molecule has 0 radical (unpaired) electrons. The summed E-state index contributed by atoms with van der Waals surface area (Å²) in [6.45, 7) is 3.30. The van der Waals surface area contributed by atoms with Crippen molar-refractivity contribution in [3.63, 3.8) is 0 Å². The first-order valence-corrected chi connectivity index (χ1v) is 9.62. The minimum absolute atomic E-state index is 0.246. The number of anilines is 1. The van der Waals surface area contributed by atoms with Gasteiger partial charge in [-0.05, 0) is 30.9 Å². The summed E-state index contributed by atoms with van der Waals surface area (Å²) in [4.78, 5) is 22.1. The lowest BCUT2D eigenvalue weighted by atomic mass is 9.85. The lowest BCUT2D eigenvalue weighted by Crippen LogP contribution is -2.37. The second kappa shape index (κ2) is 6.37. The van der Waals surface area contributed by atoms with Crippen molar-refractivity contribution in [1.29, 1.82) is 0 Å². The average molecular weight is 361 g/mol. The Morgan fingerprint density at radius 2 is 1.96 bits per heavy atom. The summed E-state index contributed by atoms with van der Waals surface area (Å²) in [6, 6.07) is 12.3. The minimum atomic E-state index is -0.246. The Balaban J connectivity index is 1.30. The van der Waals surface area contributed by atoms with Crippen molar-refractivity contribution in [2.24, 2.45) is 5.41 Å². The van der Waals surface area contributed by atoms with E-state index < -0.39 is 0 Å². The number of carbonyl (C=O) groups excluding carboxylic acids is 1. The van der Waals surface area contributed by atoms with Crippen LogP contribution in [0.3, 0.4) is 0 Å². The fourth-order valence-corrected chi connectivity index (χ4v) is 4.55. The molecule has 0 bridgehead atoms. The first kappa shape index (κ1) is 16.3. The highest BCUT2D eigenvalue weighted by molar-refractivity contribution is 5.91. The second-order valence-corrected chi connectivity index (χ2v) is 7.70.